The number of fused-ring (bicyclic) bond motifs is 3. The van der Waals surface area contributed by atoms with E-state index in [0.717, 1.165) is 11.3 Å². The van der Waals surface area contributed by atoms with Crippen molar-refractivity contribution < 1.29 is 14.3 Å². The Morgan fingerprint density at radius 2 is 2.05 bits per heavy atom. The predicted octanol–water partition coefficient (Wildman–Crippen LogP) is 2.18. The van der Waals surface area contributed by atoms with Gasteiger partial charge in [-0.1, -0.05) is 25.1 Å². The van der Waals surface area contributed by atoms with E-state index in [-0.39, 0.29) is 17.3 Å². The molecule has 1 saturated heterocycles. The van der Waals surface area contributed by atoms with Crippen molar-refractivity contribution in [1.29, 1.82) is 0 Å². The lowest BCUT2D eigenvalue weighted by Crippen LogP contribution is -2.51. The number of para-hydroxylation sites is 1. The van der Waals surface area contributed by atoms with Gasteiger partial charge in [0.1, 0.15) is 6.17 Å². The summed E-state index contributed by atoms with van der Waals surface area (Å²) in [6, 6.07) is 7.61. The third-order valence-electron chi connectivity index (χ3n) is 4.78. The minimum Gasteiger partial charge on any atom is -0.452 e. The monoisotopic (exact) mass is 308 g/mol. The fourth-order valence-electron chi connectivity index (χ4n) is 3.88. The SMILES string of the molecule is COC(=O)N1c2ccccc2[C@]2(C)C(C(=O)Cl)CN(C)[C@H]12. The Kier molecular flexibility index (Phi) is 3.22. The topological polar surface area (TPSA) is 49.9 Å². The Labute approximate surface area is 128 Å². The van der Waals surface area contributed by atoms with Crippen LogP contribution in [-0.4, -0.2) is 43.1 Å². The van der Waals surface area contributed by atoms with Gasteiger partial charge in [0.05, 0.1) is 18.7 Å². The van der Waals surface area contributed by atoms with Crippen LogP contribution >= 0.6 is 11.6 Å². The van der Waals surface area contributed by atoms with Crippen molar-refractivity contribution in [2.24, 2.45) is 5.92 Å². The highest BCUT2D eigenvalue weighted by molar-refractivity contribution is 6.64. The molecule has 21 heavy (non-hydrogen) atoms. The highest BCUT2D eigenvalue weighted by atomic mass is 35.5. The second-order valence-electron chi connectivity index (χ2n) is 5.81. The number of likely N-dealkylation sites (N-methyl/N-ethyl adjacent to an activating group) is 1. The number of rotatable bonds is 1. The summed E-state index contributed by atoms with van der Waals surface area (Å²) < 4.78 is 4.93. The summed E-state index contributed by atoms with van der Waals surface area (Å²) >= 11 is 5.83. The number of hydrogen-bond acceptors (Lipinski definition) is 4. The maximum atomic E-state index is 12.2. The third-order valence-corrected chi connectivity index (χ3v) is 5.05. The fraction of sp³-hybridized carbons (Fsp3) is 0.467. The van der Waals surface area contributed by atoms with Gasteiger partial charge in [-0.05, 0) is 30.3 Å². The number of nitrogens with zero attached hydrogens (tertiary/aromatic N) is 2. The highest BCUT2D eigenvalue weighted by Gasteiger charge is 2.62. The van der Waals surface area contributed by atoms with E-state index < -0.39 is 11.5 Å². The summed E-state index contributed by atoms with van der Waals surface area (Å²) in [4.78, 5) is 27.8. The fourth-order valence-corrected chi connectivity index (χ4v) is 4.18. The van der Waals surface area contributed by atoms with Gasteiger partial charge in [-0.2, -0.15) is 0 Å². The van der Waals surface area contributed by atoms with Crippen LogP contribution in [0.1, 0.15) is 12.5 Å². The molecule has 0 aliphatic carbocycles. The van der Waals surface area contributed by atoms with Gasteiger partial charge in [0, 0.05) is 12.0 Å². The Morgan fingerprint density at radius 3 is 2.67 bits per heavy atom. The average molecular weight is 309 g/mol. The van der Waals surface area contributed by atoms with Crippen LogP contribution < -0.4 is 4.90 Å². The highest BCUT2D eigenvalue weighted by Crippen LogP contribution is 2.54. The number of likely N-dealkylation sites (tertiary alicyclic amines) is 1. The minimum atomic E-state index is -0.529. The number of hydrogen-bond donors (Lipinski definition) is 0. The first-order chi connectivity index (χ1) is 9.92. The first kappa shape index (κ1) is 14.4. The van der Waals surface area contributed by atoms with E-state index in [2.05, 4.69) is 0 Å². The van der Waals surface area contributed by atoms with Crippen LogP contribution in [0.15, 0.2) is 24.3 Å². The summed E-state index contributed by atoms with van der Waals surface area (Å²) in [5, 5.41) is -0.367. The van der Waals surface area contributed by atoms with Gasteiger partial charge in [-0.3, -0.25) is 14.6 Å². The van der Waals surface area contributed by atoms with E-state index in [0.29, 0.717) is 6.54 Å². The van der Waals surface area contributed by atoms with E-state index in [1.807, 2.05) is 43.1 Å². The number of carbonyl (C=O) groups is 2. The number of benzene rings is 1. The molecule has 0 saturated carbocycles. The summed E-state index contributed by atoms with van der Waals surface area (Å²) in [6.45, 7) is 2.51. The van der Waals surface area contributed by atoms with Gasteiger partial charge < -0.3 is 4.74 Å². The van der Waals surface area contributed by atoms with Crippen molar-refractivity contribution in [2.45, 2.75) is 18.5 Å². The maximum absolute atomic E-state index is 12.2. The molecule has 3 atom stereocenters. The van der Waals surface area contributed by atoms with Crippen molar-refractivity contribution in [3.05, 3.63) is 29.8 Å². The number of amides is 1. The smallest absolute Gasteiger partial charge is 0.415 e. The Balaban J connectivity index is 2.22. The molecule has 3 rings (SSSR count). The first-order valence-electron chi connectivity index (χ1n) is 6.79. The average Bonchev–Trinajstić information content (AvgIpc) is 2.88. The number of carbonyl (C=O) groups excluding carboxylic acids is 2. The third kappa shape index (κ3) is 1.74. The van der Waals surface area contributed by atoms with Gasteiger partial charge in [0.2, 0.25) is 5.24 Å². The van der Waals surface area contributed by atoms with E-state index in [1.54, 1.807) is 4.90 Å². The quantitative estimate of drug-likeness (QED) is 0.746. The second kappa shape index (κ2) is 4.71. The molecule has 6 heteroatoms. The number of ether oxygens (including phenoxy) is 1. The molecule has 112 valence electrons. The van der Waals surface area contributed by atoms with Crippen molar-refractivity contribution in [3.63, 3.8) is 0 Å². The molecule has 0 N–H and O–H groups in total. The summed E-state index contributed by atoms with van der Waals surface area (Å²) in [5.41, 5.74) is 1.22. The van der Waals surface area contributed by atoms with Crippen molar-refractivity contribution >= 4 is 28.6 Å². The number of methoxy groups -OCH3 is 1. The normalized spacial score (nSPS) is 31.0. The zero-order valence-corrected chi connectivity index (χ0v) is 12.9. The van der Waals surface area contributed by atoms with Crippen molar-refractivity contribution in [3.8, 4) is 0 Å². The van der Waals surface area contributed by atoms with Crippen LogP contribution in [0.3, 0.4) is 0 Å². The molecule has 2 heterocycles. The van der Waals surface area contributed by atoms with Gasteiger partial charge in [-0.15, -0.1) is 0 Å². The molecule has 0 aromatic heterocycles. The van der Waals surface area contributed by atoms with E-state index >= 15 is 0 Å². The molecule has 0 radical (unpaired) electrons. The maximum Gasteiger partial charge on any atom is 0.415 e. The molecule has 1 aromatic carbocycles. The number of anilines is 1. The standard InChI is InChI=1S/C15H17ClN2O3/c1-15-9-6-4-5-7-11(9)18(14(20)21-3)13(15)17(2)8-10(15)12(16)19/h4-7,10,13H,8H2,1-3H3/t10?,13-,15-/m1/s1. The lowest BCUT2D eigenvalue weighted by atomic mass is 9.74. The largest absolute Gasteiger partial charge is 0.452 e. The van der Waals surface area contributed by atoms with Crippen LogP contribution in [0.25, 0.3) is 0 Å². The Morgan fingerprint density at radius 1 is 1.38 bits per heavy atom. The molecule has 5 nitrogen and oxygen atoms in total. The first-order valence-corrected chi connectivity index (χ1v) is 7.17. The molecule has 0 bridgehead atoms. The Hall–Kier alpha value is -1.59. The van der Waals surface area contributed by atoms with Crippen LogP contribution in [0.4, 0.5) is 10.5 Å². The zero-order chi connectivity index (χ0) is 15.4. The molecule has 1 fully saturated rings. The van der Waals surface area contributed by atoms with E-state index in [9.17, 15) is 9.59 Å². The lowest BCUT2D eigenvalue weighted by molar-refractivity contribution is -0.116. The molecule has 0 spiro atoms. The molecule has 1 aromatic rings. The van der Waals surface area contributed by atoms with Crippen LogP contribution in [-0.2, 0) is 14.9 Å². The molecule has 2 aliphatic rings. The van der Waals surface area contributed by atoms with E-state index in [4.69, 9.17) is 16.3 Å². The molecular formula is C15H17ClN2O3. The summed E-state index contributed by atoms with van der Waals surface area (Å²) in [7, 11) is 3.25. The van der Waals surface area contributed by atoms with E-state index in [1.165, 1.54) is 7.11 Å². The van der Waals surface area contributed by atoms with Crippen LogP contribution in [0, 0.1) is 5.92 Å². The Bertz CT molecular complexity index is 621. The van der Waals surface area contributed by atoms with Gasteiger partial charge in [0.25, 0.3) is 0 Å². The summed E-state index contributed by atoms with van der Waals surface area (Å²) in [5.74, 6) is -0.357. The summed E-state index contributed by atoms with van der Waals surface area (Å²) in [6.07, 6.45) is -0.694. The van der Waals surface area contributed by atoms with Gasteiger partial charge in [0.15, 0.2) is 0 Å². The van der Waals surface area contributed by atoms with Gasteiger partial charge >= 0.3 is 6.09 Å². The number of halogens is 1. The molecule has 1 amide bonds. The minimum absolute atomic E-state index is 0.268. The predicted molar refractivity (Wildman–Crippen MR) is 79.4 cm³/mol. The molecule has 2 aliphatic heterocycles. The zero-order valence-electron chi connectivity index (χ0n) is 12.2. The van der Waals surface area contributed by atoms with Crippen LogP contribution in [0.5, 0.6) is 0 Å². The van der Waals surface area contributed by atoms with Crippen molar-refractivity contribution in [1.82, 2.24) is 4.90 Å². The van der Waals surface area contributed by atoms with Gasteiger partial charge in [-0.25, -0.2) is 4.79 Å². The van der Waals surface area contributed by atoms with Crippen molar-refractivity contribution in [2.75, 3.05) is 25.6 Å². The van der Waals surface area contributed by atoms with Crippen LogP contribution in [0.2, 0.25) is 0 Å². The molecule has 1 unspecified atom stereocenters. The second-order valence-corrected chi connectivity index (χ2v) is 6.18. The lowest BCUT2D eigenvalue weighted by Gasteiger charge is -2.33. The molecular weight excluding hydrogens is 292 g/mol.